The summed E-state index contributed by atoms with van der Waals surface area (Å²) in [4.78, 5) is 0. The highest BCUT2D eigenvalue weighted by molar-refractivity contribution is 5.83. The van der Waals surface area contributed by atoms with Crippen LogP contribution in [0.15, 0.2) is 22.6 Å². The summed E-state index contributed by atoms with van der Waals surface area (Å²) >= 11 is 0. The van der Waals surface area contributed by atoms with Crippen molar-refractivity contribution >= 4 is 11.0 Å². The minimum absolute atomic E-state index is 0.560. The third kappa shape index (κ3) is 2.81. The zero-order chi connectivity index (χ0) is 13.9. The number of furan rings is 1. The predicted octanol–water partition coefficient (Wildman–Crippen LogP) is 3.23. The molecule has 1 aliphatic carbocycles. The van der Waals surface area contributed by atoms with E-state index < -0.39 is 0 Å². The van der Waals surface area contributed by atoms with Crippen LogP contribution in [-0.4, -0.2) is 19.8 Å². The quantitative estimate of drug-likeness (QED) is 0.842. The first-order chi connectivity index (χ1) is 9.81. The molecule has 1 fully saturated rings. The Kier molecular flexibility index (Phi) is 3.94. The van der Waals surface area contributed by atoms with E-state index in [0.29, 0.717) is 19.3 Å². The smallest absolute Gasteiger partial charge is 0.135 e. The molecular weight excluding hydrogens is 254 g/mol. The van der Waals surface area contributed by atoms with Gasteiger partial charge in [-0.1, -0.05) is 0 Å². The fourth-order valence-corrected chi connectivity index (χ4v) is 2.40. The minimum Gasteiger partial charge on any atom is -0.494 e. The van der Waals surface area contributed by atoms with E-state index in [9.17, 15) is 0 Å². The number of hydrogen-bond donors (Lipinski definition) is 1. The zero-order valence-electron chi connectivity index (χ0n) is 12.1. The molecule has 4 nitrogen and oxygen atoms in total. The fraction of sp³-hybridized carbons (Fsp3) is 0.500. The van der Waals surface area contributed by atoms with Crippen LogP contribution in [0.2, 0.25) is 0 Å². The molecule has 108 valence electrons. The molecule has 0 aliphatic heterocycles. The second kappa shape index (κ2) is 5.85. The van der Waals surface area contributed by atoms with Crippen LogP contribution in [0.5, 0.6) is 5.75 Å². The van der Waals surface area contributed by atoms with E-state index >= 15 is 0 Å². The van der Waals surface area contributed by atoms with E-state index in [1.165, 1.54) is 12.8 Å². The SMILES string of the molecule is CCOc1ccc2oc(CNC3CC3)c(COC)c2c1. The Morgan fingerprint density at radius 3 is 2.90 bits per heavy atom. The third-order valence-corrected chi connectivity index (χ3v) is 3.57. The monoisotopic (exact) mass is 275 g/mol. The van der Waals surface area contributed by atoms with Crippen molar-refractivity contribution in [3.8, 4) is 5.75 Å². The van der Waals surface area contributed by atoms with Gasteiger partial charge in [0.2, 0.25) is 0 Å². The molecule has 0 amide bonds. The molecule has 20 heavy (non-hydrogen) atoms. The second-order valence-corrected chi connectivity index (χ2v) is 5.18. The first kappa shape index (κ1) is 13.5. The van der Waals surface area contributed by atoms with Crippen LogP contribution < -0.4 is 10.1 Å². The zero-order valence-corrected chi connectivity index (χ0v) is 12.1. The lowest BCUT2D eigenvalue weighted by molar-refractivity contribution is 0.183. The third-order valence-electron chi connectivity index (χ3n) is 3.57. The van der Waals surface area contributed by atoms with Gasteiger partial charge in [0.1, 0.15) is 17.1 Å². The number of fused-ring (bicyclic) bond motifs is 1. The normalized spacial score (nSPS) is 14.9. The number of rotatable bonds is 7. The Labute approximate surface area is 119 Å². The van der Waals surface area contributed by atoms with Crippen LogP contribution >= 0.6 is 0 Å². The van der Waals surface area contributed by atoms with Crippen molar-refractivity contribution in [2.75, 3.05) is 13.7 Å². The van der Waals surface area contributed by atoms with Crippen LogP contribution in [-0.2, 0) is 17.9 Å². The number of hydrogen-bond acceptors (Lipinski definition) is 4. The van der Waals surface area contributed by atoms with Crippen LogP contribution in [0.4, 0.5) is 0 Å². The molecule has 3 rings (SSSR count). The fourth-order valence-electron chi connectivity index (χ4n) is 2.40. The van der Waals surface area contributed by atoms with Gasteiger partial charge in [-0.3, -0.25) is 0 Å². The summed E-state index contributed by atoms with van der Waals surface area (Å²) in [6.07, 6.45) is 2.54. The van der Waals surface area contributed by atoms with E-state index in [4.69, 9.17) is 13.9 Å². The maximum Gasteiger partial charge on any atom is 0.135 e. The van der Waals surface area contributed by atoms with Crippen LogP contribution in [0.3, 0.4) is 0 Å². The highest BCUT2D eigenvalue weighted by Crippen LogP contribution is 2.30. The van der Waals surface area contributed by atoms with Crippen LogP contribution in [0, 0.1) is 0 Å². The molecule has 1 aliphatic rings. The number of benzene rings is 1. The first-order valence-electron chi connectivity index (χ1n) is 7.21. The Balaban J connectivity index is 1.92. The van der Waals surface area contributed by atoms with Crippen molar-refractivity contribution in [2.24, 2.45) is 0 Å². The van der Waals surface area contributed by atoms with Crippen LogP contribution in [0.1, 0.15) is 31.1 Å². The molecule has 2 aromatic rings. The molecule has 1 N–H and O–H groups in total. The highest BCUT2D eigenvalue weighted by atomic mass is 16.5. The Morgan fingerprint density at radius 2 is 2.20 bits per heavy atom. The van der Waals surface area contributed by atoms with E-state index in [2.05, 4.69) is 5.32 Å². The number of nitrogens with one attached hydrogen (secondary N) is 1. The Hall–Kier alpha value is -1.52. The van der Waals surface area contributed by atoms with Gasteiger partial charge in [0, 0.05) is 24.1 Å². The summed E-state index contributed by atoms with van der Waals surface area (Å²) in [6, 6.07) is 6.62. The molecular formula is C16H21NO3. The average molecular weight is 275 g/mol. The van der Waals surface area contributed by atoms with Crippen LogP contribution in [0.25, 0.3) is 11.0 Å². The lowest BCUT2D eigenvalue weighted by Gasteiger charge is -2.04. The van der Waals surface area contributed by atoms with Crippen molar-refractivity contribution in [3.05, 3.63) is 29.5 Å². The van der Waals surface area contributed by atoms with Gasteiger partial charge in [-0.25, -0.2) is 0 Å². The molecule has 0 bridgehead atoms. The molecule has 0 radical (unpaired) electrons. The first-order valence-corrected chi connectivity index (χ1v) is 7.21. The maximum absolute atomic E-state index is 5.96. The predicted molar refractivity (Wildman–Crippen MR) is 78.0 cm³/mol. The topological polar surface area (TPSA) is 43.6 Å². The average Bonchev–Trinajstić information content (AvgIpc) is 3.22. The second-order valence-electron chi connectivity index (χ2n) is 5.18. The van der Waals surface area contributed by atoms with Crippen molar-refractivity contribution in [1.82, 2.24) is 5.32 Å². The Morgan fingerprint density at radius 1 is 1.35 bits per heavy atom. The van der Waals surface area contributed by atoms with Gasteiger partial charge in [-0.05, 0) is 38.0 Å². The van der Waals surface area contributed by atoms with Gasteiger partial charge < -0.3 is 19.2 Å². The van der Waals surface area contributed by atoms with Gasteiger partial charge in [0.15, 0.2) is 0 Å². The highest BCUT2D eigenvalue weighted by Gasteiger charge is 2.22. The summed E-state index contributed by atoms with van der Waals surface area (Å²) in [6.45, 7) is 3.98. The van der Waals surface area contributed by atoms with Gasteiger partial charge >= 0.3 is 0 Å². The molecule has 0 saturated heterocycles. The lowest BCUT2D eigenvalue weighted by atomic mass is 10.1. The van der Waals surface area contributed by atoms with E-state index in [1.54, 1.807) is 7.11 Å². The maximum atomic E-state index is 5.96. The van der Waals surface area contributed by atoms with Crippen molar-refractivity contribution in [3.63, 3.8) is 0 Å². The number of ether oxygens (including phenoxy) is 2. The van der Waals surface area contributed by atoms with Gasteiger partial charge in [-0.2, -0.15) is 0 Å². The summed E-state index contributed by atoms with van der Waals surface area (Å²) in [7, 11) is 1.71. The summed E-state index contributed by atoms with van der Waals surface area (Å²) in [5.41, 5.74) is 2.02. The minimum atomic E-state index is 0.560. The molecule has 1 aromatic heterocycles. The van der Waals surface area contributed by atoms with Gasteiger partial charge in [0.05, 0.1) is 19.8 Å². The van der Waals surface area contributed by atoms with E-state index in [0.717, 1.165) is 34.6 Å². The van der Waals surface area contributed by atoms with Gasteiger partial charge in [0.25, 0.3) is 0 Å². The number of methoxy groups -OCH3 is 1. The standard InChI is InChI=1S/C16H21NO3/c1-3-19-12-6-7-15-13(8-12)14(10-18-2)16(20-15)9-17-11-4-5-11/h6-8,11,17H,3-5,9-10H2,1-2H3. The van der Waals surface area contributed by atoms with E-state index in [1.807, 2.05) is 25.1 Å². The largest absolute Gasteiger partial charge is 0.494 e. The Bertz CT molecular complexity index is 587. The van der Waals surface area contributed by atoms with Crippen molar-refractivity contribution < 1.29 is 13.9 Å². The molecule has 1 saturated carbocycles. The molecule has 0 unspecified atom stereocenters. The van der Waals surface area contributed by atoms with Crippen molar-refractivity contribution in [2.45, 2.75) is 39.0 Å². The van der Waals surface area contributed by atoms with Gasteiger partial charge in [-0.15, -0.1) is 0 Å². The molecule has 0 spiro atoms. The molecule has 4 heteroatoms. The molecule has 0 atom stereocenters. The van der Waals surface area contributed by atoms with E-state index in [-0.39, 0.29) is 0 Å². The summed E-state index contributed by atoms with van der Waals surface area (Å²) in [5, 5.41) is 4.58. The lowest BCUT2D eigenvalue weighted by Crippen LogP contribution is -2.15. The molecule has 1 heterocycles. The summed E-state index contributed by atoms with van der Waals surface area (Å²) < 4.78 is 16.9. The molecule has 1 aromatic carbocycles. The van der Waals surface area contributed by atoms with Crippen molar-refractivity contribution in [1.29, 1.82) is 0 Å². The summed E-state index contributed by atoms with van der Waals surface area (Å²) in [5.74, 6) is 1.85.